The van der Waals surface area contributed by atoms with Crippen molar-refractivity contribution in [3.8, 4) is 0 Å². The van der Waals surface area contributed by atoms with Gasteiger partial charge >= 0.3 is 0 Å². The summed E-state index contributed by atoms with van der Waals surface area (Å²) in [5.74, 6) is -0.422. The fourth-order valence-electron chi connectivity index (χ4n) is 2.98. The number of hydrogen-bond donors (Lipinski definition) is 1. The van der Waals surface area contributed by atoms with Crippen molar-refractivity contribution >= 4 is 16.5 Å². The minimum absolute atomic E-state index is 0.0442. The summed E-state index contributed by atoms with van der Waals surface area (Å²) < 4.78 is 31.7. The van der Waals surface area contributed by atoms with Crippen LogP contribution < -0.4 is 5.73 Å². The molecule has 1 aromatic carbocycles. The van der Waals surface area contributed by atoms with Crippen molar-refractivity contribution in [3.63, 3.8) is 0 Å². The summed E-state index contributed by atoms with van der Waals surface area (Å²) in [6, 6.07) is 4.19. The van der Waals surface area contributed by atoms with Crippen LogP contribution in [0.2, 0.25) is 0 Å². The van der Waals surface area contributed by atoms with Gasteiger partial charge in [-0.25, -0.2) is 4.39 Å². The molecule has 0 bridgehead atoms. The molecule has 1 heterocycles. The molecule has 2 fully saturated rings. The average molecular weight is 283 g/mol. The molecular weight excluding hydrogens is 265 g/mol. The van der Waals surface area contributed by atoms with Gasteiger partial charge in [-0.15, -0.1) is 0 Å². The van der Waals surface area contributed by atoms with Crippen molar-refractivity contribution < 1.29 is 13.3 Å². The molecule has 1 aliphatic carbocycles. The summed E-state index contributed by atoms with van der Waals surface area (Å²) in [5, 5.41) is 0.0512. The maximum absolute atomic E-state index is 13.3. The van der Waals surface area contributed by atoms with E-state index < -0.39 is 16.6 Å². The highest BCUT2D eigenvalue weighted by Gasteiger charge is 2.44. The first kappa shape index (κ1) is 13.1. The first-order valence-electron chi connectivity index (χ1n) is 6.69. The van der Waals surface area contributed by atoms with Crippen LogP contribution in [-0.4, -0.2) is 21.7 Å². The number of anilines is 1. The lowest BCUT2D eigenvalue weighted by atomic mass is 9.75. The molecule has 2 atom stereocenters. The van der Waals surface area contributed by atoms with E-state index in [1.807, 2.05) is 0 Å². The second-order valence-corrected chi connectivity index (χ2v) is 7.25. The van der Waals surface area contributed by atoms with Crippen molar-refractivity contribution in [1.29, 1.82) is 0 Å². The van der Waals surface area contributed by atoms with E-state index in [1.54, 1.807) is 6.07 Å². The van der Waals surface area contributed by atoms with E-state index in [0.29, 0.717) is 17.2 Å². The molecule has 1 aromatic rings. The molecule has 0 amide bonds. The maximum Gasteiger partial charge on any atom is 0.126 e. The van der Waals surface area contributed by atoms with Gasteiger partial charge in [0.15, 0.2) is 0 Å². The number of benzene rings is 1. The van der Waals surface area contributed by atoms with E-state index in [-0.39, 0.29) is 10.9 Å². The van der Waals surface area contributed by atoms with Gasteiger partial charge in [0.2, 0.25) is 0 Å². The van der Waals surface area contributed by atoms with Crippen LogP contribution in [-0.2, 0) is 15.5 Å². The van der Waals surface area contributed by atoms with Crippen LogP contribution in [0.5, 0.6) is 0 Å². The fraction of sp³-hybridized carbons (Fsp3) is 0.571. The Bertz CT molecular complexity index is 496. The molecule has 0 aromatic heterocycles. The molecule has 104 valence electrons. The topological polar surface area (TPSA) is 52.3 Å². The zero-order valence-corrected chi connectivity index (χ0v) is 11.5. The molecule has 3 rings (SSSR count). The molecule has 1 spiro atoms. The van der Waals surface area contributed by atoms with Crippen LogP contribution in [0.25, 0.3) is 0 Å². The summed E-state index contributed by atoms with van der Waals surface area (Å²) in [7, 11) is -1.20. The number of hydrogen-bond acceptors (Lipinski definition) is 3. The monoisotopic (exact) mass is 283 g/mol. The third-order valence-electron chi connectivity index (χ3n) is 4.14. The van der Waals surface area contributed by atoms with Crippen molar-refractivity contribution in [3.05, 3.63) is 24.0 Å². The average Bonchev–Trinajstić information content (AvgIpc) is 2.35. The summed E-state index contributed by atoms with van der Waals surface area (Å²) in [5.41, 5.74) is 5.90. The standard InChI is InChI=1S/C14H18FNO2S/c15-10-6-11(16)8-13(7-10)19(17)12-2-5-18-14(9-12)3-1-4-14/h6-8,12H,1-5,9,16H2. The van der Waals surface area contributed by atoms with Crippen LogP contribution >= 0.6 is 0 Å². The minimum atomic E-state index is -1.20. The Labute approximate surface area is 114 Å². The Morgan fingerprint density at radius 2 is 2.16 bits per heavy atom. The quantitative estimate of drug-likeness (QED) is 0.849. The van der Waals surface area contributed by atoms with Crippen LogP contribution in [0.3, 0.4) is 0 Å². The van der Waals surface area contributed by atoms with Gasteiger partial charge in [-0.05, 0) is 50.3 Å². The smallest absolute Gasteiger partial charge is 0.126 e. The third kappa shape index (κ3) is 2.54. The zero-order valence-electron chi connectivity index (χ0n) is 10.7. The van der Waals surface area contributed by atoms with Gasteiger partial charge in [0.25, 0.3) is 0 Å². The molecular formula is C14H18FNO2S. The lowest BCUT2D eigenvalue weighted by molar-refractivity contribution is -0.125. The minimum Gasteiger partial charge on any atom is -0.399 e. The van der Waals surface area contributed by atoms with Crippen molar-refractivity contribution in [2.45, 2.75) is 47.9 Å². The molecule has 3 nitrogen and oxygen atoms in total. The summed E-state index contributed by atoms with van der Waals surface area (Å²) in [6.45, 7) is 0.654. The van der Waals surface area contributed by atoms with Gasteiger partial charge in [0.1, 0.15) is 5.82 Å². The number of rotatable bonds is 2. The Hall–Kier alpha value is -0.940. The number of ether oxygens (including phenoxy) is 1. The number of nitrogens with two attached hydrogens (primary N) is 1. The summed E-state index contributed by atoms with van der Waals surface area (Å²) in [6.07, 6.45) is 4.89. The van der Waals surface area contributed by atoms with Gasteiger partial charge in [0, 0.05) is 22.4 Å². The van der Waals surface area contributed by atoms with E-state index >= 15 is 0 Å². The molecule has 19 heavy (non-hydrogen) atoms. The van der Waals surface area contributed by atoms with Gasteiger partial charge in [0.05, 0.1) is 16.4 Å². The van der Waals surface area contributed by atoms with E-state index in [4.69, 9.17) is 10.5 Å². The number of nitrogen functional groups attached to an aromatic ring is 1. The first-order valence-corrected chi connectivity index (χ1v) is 7.90. The highest BCUT2D eigenvalue weighted by Crippen LogP contribution is 2.44. The van der Waals surface area contributed by atoms with Gasteiger partial charge < -0.3 is 10.5 Å². The molecule has 5 heteroatoms. The van der Waals surface area contributed by atoms with Crippen LogP contribution in [0.15, 0.2) is 23.1 Å². The Morgan fingerprint density at radius 3 is 2.79 bits per heavy atom. The first-order chi connectivity index (χ1) is 9.08. The molecule has 2 N–H and O–H groups in total. The van der Waals surface area contributed by atoms with Crippen molar-refractivity contribution in [2.75, 3.05) is 12.3 Å². The molecule has 1 aliphatic heterocycles. The normalized spacial score (nSPS) is 26.9. The predicted molar refractivity (Wildman–Crippen MR) is 72.8 cm³/mol. The molecule has 0 radical (unpaired) electrons. The fourth-order valence-corrected chi connectivity index (χ4v) is 4.61. The zero-order chi connectivity index (χ0) is 13.5. The number of halogens is 1. The van der Waals surface area contributed by atoms with Crippen molar-refractivity contribution in [1.82, 2.24) is 0 Å². The van der Waals surface area contributed by atoms with E-state index in [0.717, 1.165) is 25.7 Å². The molecule has 1 saturated heterocycles. The Morgan fingerprint density at radius 1 is 1.37 bits per heavy atom. The summed E-state index contributed by atoms with van der Waals surface area (Å²) >= 11 is 0. The lowest BCUT2D eigenvalue weighted by Gasteiger charge is -2.46. The van der Waals surface area contributed by atoms with E-state index in [1.165, 1.54) is 18.6 Å². The van der Waals surface area contributed by atoms with Crippen LogP contribution in [0, 0.1) is 5.82 Å². The molecule has 1 saturated carbocycles. The molecule has 2 unspecified atom stereocenters. The summed E-state index contributed by atoms with van der Waals surface area (Å²) in [4.78, 5) is 0.499. The predicted octanol–water partition coefficient (Wildman–Crippen LogP) is 2.62. The second kappa shape index (κ2) is 4.87. The Kier molecular flexibility index (Phi) is 3.35. The lowest BCUT2D eigenvalue weighted by Crippen LogP contribution is -2.48. The largest absolute Gasteiger partial charge is 0.399 e. The van der Waals surface area contributed by atoms with E-state index in [9.17, 15) is 8.60 Å². The van der Waals surface area contributed by atoms with Gasteiger partial charge in [-0.3, -0.25) is 4.21 Å². The van der Waals surface area contributed by atoms with Gasteiger partial charge in [-0.2, -0.15) is 0 Å². The highest BCUT2D eigenvalue weighted by atomic mass is 32.2. The molecule has 2 aliphatic rings. The van der Waals surface area contributed by atoms with Gasteiger partial charge in [-0.1, -0.05) is 0 Å². The van der Waals surface area contributed by atoms with Crippen LogP contribution in [0.1, 0.15) is 32.1 Å². The SMILES string of the molecule is Nc1cc(F)cc(S(=O)C2CCOC3(CCC3)C2)c1. The van der Waals surface area contributed by atoms with Crippen LogP contribution in [0.4, 0.5) is 10.1 Å². The second-order valence-electron chi connectivity index (χ2n) is 5.52. The Balaban J connectivity index is 1.79. The third-order valence-corrected chi connectivity index (χ3v) is 5.85. The van der Waals surface area contributed by atoms with Crippen molar-refractivity contribution in [2.24, 2.45) is 0 Å². The van der Waals surface area contributed by atoms with E-state index in [2.05, 4.69) is 0 Å². The highest BCUT2D eigenvalue weighted by molar-refractivity contribution is 7.85. The maximum atomic E-state index is 13.3.